The maximum atomic E-state index is 11.0. The zero-order valence-electron chi connectivity index (χ0n) is 13.7. The van der Waals surface area contributed by atoms with Gasteiger partial charge in [0.15, 0.2) is 5.82 Å². The van der Waals surface area contributed by atoms with Gasteiger partial charge >= 0.3 is 0 Å². The first-order valence-electron chi connectivity index (χ1n) is 7.65. The van der Waals surface area contributed by atoms with Gasteiger partial charge in [-0.15, -0.1) is 0 Å². The van der Waals surface area contributed by atoms with E-state index < -0.39 is 10.0 Å². The number of ether oxygens (including phenoxy) is 1. The van der Waals surface area contributed by atoms with E-state index in [9.17, 15) is 8.42 Å². The number of anilines is 1. The van der Waals surface area contributed by atoms with E-state index in [4.69, 9.17) is 10.5 Å². The second-order valence-electron chi connectivity index (χ2n) is 5.40. The molecule has 0 saturated carbocycles. The van der Waals surface area contributed by atoms with Gasteiger partial charge in [0.25, 0.3) is 0 Å². The Morgan fingerprint density at radius 1 is 1.42 bits per heavy atom. The molecular weight excluding hydrogens is 398 g/mol. The smallest absolute Gasteiger partial charge is 0.208 e. The van der Waals surface area contributed by atoms with Crippen LogP contribution < -0.4 is 10.5 Å². The molecule has 0 bridgehead atoms. The third-order valence-corrected chi connectivity index (χ3v) is 4.68. The Hall–Kier alpha value is -1.23. The fraction of sp³-hybridized carbons (Fsp3) is 0.571. The summed E-state index contributed by atoms with van der Waals surface area (Å²) in [4.78, 5) is 8.73. The van der Waals surface area contributed by atoms with Crippen LogP contribution in [0.3, 0.4) is 0 Å². The van der Waals surface area contributed by atoms with E-state index in [1.54, 1.807) is 6.20 Å². The Morgan fingerprint density at radius 3 is 2.83 bits per heavy atom. The summed E-state index contributed by atoms with van der Waals surface area (Å²) >= 11 is 3.51. The van der Waals surface area contributed by atoms with Crippen LogP contribution in [-0.2, 0) is 27.7 Å². The summed E-state index contributed by atoms with van der Waals surface area (Å²) in [5.41, 5.74) is 7.53. The molecule has 0 aliphatic heterocycles. The Balaban J connectivity index is 2.07. The molecule has 2 rings (SSSR count). The van der Waals surface area contributed by atoms with E-state index >= 15 is 0 Å². The van der Waals surface area contributed by atoms with Crippen molar-refractivity contribution in [3.8, 4) is 0 Å². The summed E-state index contributed by atoms with van der Waals surface area (Å²) in [7, 11) is -3.18. The van der Waals surface area contributed by atoms with Crippen LogP contribution in [-0.4, -0.2) is 49.0 Å². The zero-order valence-corrected chi connectivity index (χ0v) is 16.2. The normalized spacial score (nSPS) is 12.1. The lowest BCUT2D eigenvalue weighted by Crippen LogP contribution is -2.26. The van der Waals surface area contributed by atoms with Gasteiger partial charge in [-0.3, -0.25) is 0 Å². The predicted octanol–water partition coefficient (Wildman–Crippen LogP) is 1.29. The van der Waals surface area contributed by atoms with E-state index in [0.717, 1.165) is 34.9 Å². The largest absolute Gasteiger partial charge is 0.382 e. The van der Waals surface area contributed by atoms with E-state index in [-0.39, 0.29) is 6.54 Å². The first-order chi connectivity index (χ1) is 11.3. The summed E-state index contributed by atoms with van der Waals surface area (Å²) in [5, 5.41) is 0. The first kappa shape index (κ1) is 19.1. The molecule has 0 unspecified atom stereocenters. The van der Waals surface area contributed by atoms with Crippen molar-refractivity contribution in [2.75, 3.05) is 31.7 Å². The molecular formula is C14H22BrN5O3S. The van der Waals surface area contributed by atoms with Crippen LogP contribution in [0, 0.1) is 0 Å². The number of halogens is 1. The zero-order chi connectivity index (χ0) is 17.7. The molecule has 0 spiro atoms. The molecule has 0 aromatic carbocycles. The minimum absolute atomic E-state index is 0.256. The van der Waals surface area contributed by atoms with E-state index in [2.05, 4.69) is 42.1 Å². The molecule has 0 saturated heterocycles. The number of nitrogens with zero attached hydrogens (tertiary/aromatic N) is 3. The monoisotopic (exact) mass is 419 g/mol. The third kappa shape index (κ3) is 4.88. The summed E-state index contributed by atoms with van der Waals surface area (Å²) in [6, 6.07) is 0. The molecule has 0 aliphatic rings. The number of fused-ring (bicyclic) bond motifs is 1. The van der Waals surface area contributed by atoms with Crippen LogP contribution in [0.25, 0.3) is 11.0 Å². The standard InChI is InChI=1S/C14H22BrN5O3S/c1-3-4-11-19-12-13(10(15)9-17-14(12)16)20(11)6-8-23-7-5-18-24(2,21)22/h9,18H,3-8H2,1-2H3,(H2,16,17). The number of hydrogen-bond acceptors (Lipinski definition) is 6. The van der Waals surface area contributed by atoms with Crippen molar-refractivity contribution >= 4 is 42.8 Å². The number of nitrogens with one attached hydrogen (secondary N) is 1. The number of pyridine rings is 1. The quantitative estimate of drug-likeness (QED) is 0.592. The van der Waals surface area contributed by atoms with Crippen LogP contribution in [0.5, 0.6) is 0 Å². The number of nitrogen functional groups attached to an aromatic ring is 1. The predicted molar refractivity (Wildman–Crippen MR) is 97.3 cm³/mol. The molecule has 8 nitrogen and oxygen atoms in total. The lowest BCUT2D eigenvalue weighted by molar-refractivity contribution is 0.131. The Bertz CT molecular complexity index is 806. The van der Waals surface area contributed by atoms with E-state index in [1.165, 1.54) is 0 Å². The van der Waals surface area contributed by atoms with Crippen LogP contribution in [0.1, 0.15) is 19.2 Å². The average molecular weight is 420 g/mol. The third-order valence-electron chi connectivity index (χ3n) is 3.38. The molecule has 0 radical (unpaired) electrons. The lowest BCUT2D eigenvalue weighted by atomic mass is 10.3. The van der Waals surface area contributed by atoms with Gasteiger partial charge in [-0.1, -0.05) is 6.92 Å². The summed E-state index contributed by atoms with van der Waals surface area (Å²) in [6.07, 6.45) is 4.59. The molecule has 0 aliphatic carbocycles. The topological polar surface area (TPSA) is 112 Å². The highest BCUT2D eigenvalue weighted by Gasteiger charge is 2.15. The minimum atomic E-state index is -3.18. The second kappa shape index (κ2) is 8.24. The summed E-state index contributed by atoms with van der Waals surface area (Å²) in [5.74, 6) is 1.34. The highest BCUT2D eigenvalue weighted by Crippen LogP contribution is 2.28. The molecule has 134 valence electrons. The molecule has 24 heavy (non-hydrogen) atoms. The van der Waals surface area contributed by atoms with Gasteiger partial charge in [0.2, 0.25) is 10.0 Å². The van der Waals surface area contributed by atoms with Gasteiger partial charge in [0.1, 0.15) is 11.3 Å². The lowest BCUT2D eigenvalue weighted by Gasteiger charge is -2.10. The van der Waals surface area contributed by atoms with Crippen LogP contribution in [0.15, 0.2) is 10.7 Å². The molecule has 3 N–H and O–H groups in total. The average Bonchev–Trinajstić information content (AvgIpc) is 2.86. The highest BCUT2D eigenvalue weighted by molar-refractivity contribution is 9.10. The maximum absolute atomic E-state index is 11.0. The van der Waals surface area contributed by atoms with Gasteiger partial charge < -0.3 is 15.0 Å². The molecule has 2 aromatic heterocycles. The Morgan fingerprint density at radius 2 is 2.17 bits per heavy atom. The van der Waals surface area contributed by atoms with Crippen molar-refractivity contribution < 1.29 is 13.2 Å². The maximum Gasteiger partial charge on any atom is 0.208 e. The van der Waals surface area contributed by atoms with E-state index in [0.29, 0.717) is 31.1 Å². The van der Waals surface area contributed by atoms with Crippen LogP contribution >= 0.6 is 15.9 Å². The fourth-order valence-corrected chi connectivity index (χ4v) is 3.34. The molecule has 10 heteroatoms. The van der Waals surface area contributed by atoms with Gasteiger partial charge in [0.05, 0.1) is 29.5 Å². The first-order valence-corrected chi connectivity index (χ1v) is 10.3. The molecule has 0 amide bonds. The van der Waals surface area contributed by atoms with E-state index in [1.807, 2.05) is 0 Å². The van der Waals surface area contributed by atoms with Crippen molar-refractivity contribution in [1.29, 1.82) is 0 Å². The highest BCUT2D eigenvalue weighted by atomic mass is 79.9. The SMILES string of the molecule is CCCc1nc2c(N)ncc(Br)c2n1CCOCCNS(C)(=O)=O. The molecule has 0 atom stereocenters. The van der Waals surface area contributed by atoms with Gasteiger partial charge in [-0.25, -0.2) is 23.1 Å². The number of sulfonamides is 1. The summed E-state index contributed by atoms with van der Waals surface area (Å²) < 4.78 is 32.8. The number of aryl methyl sites for hydroxylation is 1. The second-order valence-corrected chi connectivity index (χ2v) is 8.08. The van der Waals surface area contributed by atoms with Crippen molar-refractivity contribution in [2.24, 2.45) is 0 Å². The van der Waals surface area contributed by atoms with Crippen molar-refractivity contribution in [3.63, 3.8) is 0 Å². The summed E-state index contributed by atoms with van der Waals surface area (Å²) in [6.45, 7) is 3.71. The van der Waals surface area contributed by atoms with Crippen molar-refractivity contribution in [2.45, 2.75) is 26.3 Å². The van der Waals surface area contributed by atoms with Crippen LogP contribution in [0.4, 0.5) is 5.82 Å². The van der Waals surface area contributed by atoms with Gasteiger partial charge in [-0.2, -0.15) is 0 Å². The van der Waals surface area contributed by atoms with Crippen molar-refractivity contribution in [3.05, 3.63) is 16.5 Å². The van der Waals surface area contributed by atoms with Crippen molar-refractivity contribution in [1.82, 2.24) is 19.3 Å². The van der Waals surface area contributed by atoms with Gasteiger partial charge in [0, 0.05) is 25.7 Å². The Kier molecular flexibility index (Phi) is 6.55. The molecule has 2 heterocycles. The number of nitrogens with two attached hydrogens (primary N) is 1. The van der Waals surface area contributed by atoms with Crippen LogP contribution in [0.2, 0.25) is 0 Å². The number of rotatable bonds is 9. The fourth-order valence-electron chi connectivity index (χ4n) is 2.38. The van der Waals surface area contributed by atoms with Gasteiger partial charge in [-0.05, 0) is 22.4 Å². The number of aromatic nitrogens is 3. The number of hydrogen-bond donors (Lipinski definition) is 2. The minimum Gasteiger partial charge on any atom is -0.382 e. The number of imidazole rings is 1. The molecule has 0 fully saturated rings. The molecule has 2 aromatic rings. The Labute approximate surface area is 150 Å².